The van der Waals surface area contributed by atoms with E-state index in [4.69, 9.17) is 27.9 Å². The quantitative estimate of drug-likeness (QED) is 0.745. The zero-order valence-electron chi connectivity index (χ0n) is 9.26. The Morgan fingerprint density at radius 2 is 1.60 bits per heavy atom. The highest BCUT2D eigenvalue weighted by molar-refractivity contribution is 6.34. The number of nitrogens with zero attached hydrogens (tertiary/aromatic N) is 1. The highest BCUT2D eigenvalue weighted by Gasteiger charge is 2.07. The smallest absolute Gasteiger partial charge is 0.137 e. The Bertz CT molecular complexity index is 314. The maximum Gasteiger partial charge on any atom is 0.137 e. The number of hydrogen-bond acceptors (Lipinski definition) is 1. The van der Waals surface area contributed by atoms with Crippen LogP contribution in [0.3, 0.4) is 0 Å². The highest BCUT2D eigenvalue weighted by Crippen LogP contribution is 2.24. The minimum Gasteiger partial charge on any atom is -0.488 e. The lowest BCUT2D eigenvalue weighted by Crippen LogP contribution is -2.38. The molecule has 1 aromatic rings. The zero-order chi connectivity index (χ0) is 11.5. The molecule has 1 rings (SSSR count). The van der Waals surface area contributed by atoms with E-state index in [1.54, 1.807) is 18.2 Å². The third-order valence-corrected chi connectivity index (χ3v) is 2.30. The second kappa shape index (κ2) is 5.06. The maximum atomic E-state index is 5.85. The summed E-state index contributed by atoms with van der Waals surface area (Å²) in [5.74, 6) is 0.723. The standard InChI is InChI=1S/C11H16Cl2NO/c1-14(2,3)4-5-15-11-7-9(12)6-10(13)8-11/h6-8H,4-5H2,1-3H3/q+1. The third-order valence-electron chi connectivity index (χ3n) is 1.87. The molecule has 2 nitrogen and oxygen atoms in total. The van der Waals surface area contributed by atoms with Gasteiger partial charge in [-0.1, -0.05) is 23.2 Å². The van der Waals surface area contributed by atoms with Gasteiger partial charge in [0.05, 0.1) is 21.1 Å². The molecule has 0 atom stereocenters. The number of quaternary nitrogens is 1. The monoisotopic (exact) mass is 248 g/mol. The summed E-state index contributed by atoms with van der Waals surface area (Å²) in [5, 5.41) is 1.20. The van der Waals surface area contributed by atoms with Crippen molar-refractivity contribution in [2.45, 2.75) is 0 Å². The molecule has 0 saturated carbocycles. The Balaban J connectivity index is 2.51. The summed E-state index contributed by atoms with van der Waals surface area (Å²) >= 11 is 11.7. The predicted octanol–water partition coefficient (Wildman–Crippen LogP) is 3.08. The summed E-state index contributed by atoms with van der Waals surface area (Å²) in [6, 6.07) is 5.22. The van der Waals surface area contributed by atoms with Gasteiger partial charge in [-0.15, -0.1) is 0 Å². The minimum atomic E-state index is 0.600. The van der Waals surface area contributed by atoms with E-state index in [2.05, 4.69) is 21.1 Å². The van der Waals surface area contributed by atoms with Gasteiger partial charge in [-0.3, -0.25) is 0 Å². The predicted molar refractivity (Wildman–Crippen MR) is 64.9 cm³/mol. The summed E-state index contributed by atoms with van der Waals surface area (Å²) in [4.78, 5) is 0. The molecule has 0 spiro atoms. The van der Waals surface area contributed by atoms with Crippen LogP contribution in [0, 0.1) is 0 Å². The molecule has 0 aliphatic carbocycles. The van der Waals surface area contributed by atoms with Gasteiger partial charge in [-0.2, -0.15) is 0 Å². The van der Waals surface area contributed by atoms with Crippen LogP contribution in [0.5, 0.6) is 5.75 Å². The summed E-state index contributed by atoms with van der Waals surface area (Å²) in [6.45, 7) is 1.59. The molecule has 0 N–H and O–H groups in total. The second-order valence-electron chi connectivity index (χ2n) is 4.47. The van der Waals surface area contributed by atoms with E-state index in [9.17, 15) is 0 Å². The van der Waals surface area contributed by atoms with Crippen molar-refractivity contribution in [3.63, 3.8) is 0 Å². The molecule has 0 unspecified atom stereocenters. The van der Waals surface area contributed by atoms with Crippen LogP contribution in [0.15, 0.2) is 18.2 Å². The van der Waals surface area contributed by atoms with Crippen molar-refractivity contribution in [1.82, 2.24) is 0 Å². The molecule has 0 heterocycles. The van der Waals surface area contributed by atoms with Crippen LogP contribution in [0.4, 0.5) is 0 Å². The van der Waals surface area contributed by atoms with Gasteiger partial charge in [0.1, 0.15) is 18.9 Å². The topological polar surface area (TPSA) is 9.23 Å². The molecule has 0 aromatic heterocycles. The van der Waals surface area contributed by atoms with Crippen LogP contribution >= 0.6 is 23.2 Å². The largest absolute Gasteiger partial charge is 0.488 e. The molecular weight excluding hydrogens is 233 g/mol. The third kappa shape index (κ3) is 5.26. The Morgan fingerprint density at radius 1 is 1.07 bits per heavy atom. The number of halogens is 2. The number of ether oxygens (including phenoxy) is 1. The van der Waals surface area contributed by atoms with E-state index < -0.39 is 0 Å². The first-order valence-corrected chi connectivity index (χ1v) is 5.52. The lowest BCUT2D eigenvalue weighted by atomic mass is 10.3. The van der Waals surface area contributed by atoms with Crippen molar-refractivity contribution in [3.8, 4) is 5.75 Å². The zero-order valence-corrected chi connectivity index (χ0v) is 10.8. The van der Waals surface area contributed by atoms with Crippen molar-refractivity contribution in [2.75, 3.05) is 34.3 Å². The minimum absolute atomic E-state index is 0.600. The van der Waals surface area contributed by atoms with Crippen molar-refractivity contribution < 1.29 is 9.22 Å². The highest BCUT2D eigenvalue weighted by atomic mass is 35.5. The lowest BCUT2D eigenvalue weighted by molar-refractivity contribution is -0.870. The van der Waals surface area contributed by atoms with Gasteiger partial charge >= 0.3 is 0 Å². The van der Waals surface area contributed by atoms with Gasteiger partial charge in [0.2, 0.25) is 0 Å². The van der Waals surface area contributed by atoms with E-state index in [0.717, 1.165) is 16.8 Å². The Hall–Kier alpha value is -0.440. The molecule has 0 saturated heterocycles. The molecule has 0 radical (unpaired) electrons. The summed E-state index contributed by atoms with van der Waals surface area (Å²) in [5.41, 5.74) is 0. The summed E-state index contributed by atoms with van der Waals surface area (Å²) in [7, 11) is 6.36. The average molecular weight is 249 g/mol. The van der Waals surface area contributed by atoms with Gasteiger partial charge in [0.25, 0.3) is 0 Å². The first kappa shape index (κ1) is 12.6. The average Bonchev–Trinajstić information content (AvgIpc) is 1.99. The van der Waals surface area contributed by atoms with E-state index in [0.29, 0.717) is 16.7 Å². The van der Waals surface area contributed by atoms with Crippen molar-refractivity contribution in [3.05, 3.63) is 28.2 Å². The molecule has 0 aliphatic heterocycles. The summed E-state index contributed by atoms with van der Waals surface area (Å²) < 4.78 is 6.43. The van der Waals surface area contributed by atoms with Crippen LogP contribution in [-0.2, 0) is 0 Å². The summed E-state index contributed by atoms with van der Waals surface area (Å²) in [6.07, 6.45) is 0. The second-order valence-corrected chi connectivity index (χ2v) is 5.34. The van der Waals surface area contributed by atoms with Crippen molar-refractivity contribution in [2.24, 2.45) is 0 Å². The fraction of sp³-hybridized carbons (Fsp3) is 0.455. The molecule has 84 valence electrons. The molecular formula is C11H16Cl2NO+. The maximum absolute atomic E-state index is 5.85. The number of benzene rings is 1. The first-order chi connectivity index (χ1) is 6.87. The van der Waals surface area contributed by atoms with Crippen LogP contribution in [0.2, 0.25) is 10.0 Å². The van der Waals surface area contributed by atoms with Gasteiger partial charge in [0.15, 0.2) is 0 Å². The van der Waals surface area contributed by atoms with Gasteiger partial charge in [0, 0.05) is 10.0 Å². The van der Waals surface area contributed by atoms with Crippen molar-refractivity contribution in [1.29, 1.82) is 0 Å². The fourth-order valence-corrected chi connectivity index (χ4v) is 1.56. The fourth-order valence-electron chi connectivity index (χ4n) is 1.05. The van der Waals surface area contributed by atoms with Crippen LogP contribution in [0.1, 0.15) is 0 Å². The van der Waals surface area contributed by atoms with E-state index in [1.165, 1.54) is 0 Å². The molecule has 0 amide bonds. The van der Waals surface area contributed by atoms with Crippen LogP contribution in [-0.4, -0.2) is 38.8 Å². The normalized spacial score (nSPS) is 11.5. The van der Waals surface area contributed by atoms with Crippen LogP contribution in [0.25, 0.3) is 0 Å². The number of likely N-dealkylation sites (N-methyl/N-ethyl adjacent to an activating group) is 1. The SMILES string of the molecule is C[N+](C)(C)CCOc1cc(Cl)cc(Cl)c1. The molecule has 4 heteroatoms. The molecule has 0 fully saturated rings. The number of rotatable bonds is 4. The van der Waals surface area contributed by atoms with Gasteiger partial charge in [-0.25, -0.2) is 0 Å². The van der Waals surface area contributed by atoms with E-state index >= 15 is 0 Å². The first-order valence-electron chi connectivity index (χ1n) is 4.76. The molecule has 15 heavy (non-hydrogen) atoms. The molecule has 1 aromatic carbocycles. The molecule has 0 bridgehead atoms. The van der Waals surface area contributed by atoms with Gasteiger partial charge < -0.3 is 9.22 Å². The van der Waals surface area contributed by atoms with E-state index in [1.807, 2.05) is 0 Å². The van der Waals surface area contributed by atoms with Gasteiger partial charge in [-0.05, 0) is 18.2 Å². The Labute approximate surface area is 101 Å². The Kier molecular flexibility index (Phi) is 4.26. The van der Waals surface area contributed by atoms with Crippen molar-refractivity contribution >= 4 is 23.2 Å². The Morgan fingerprint density at radius 3 is 2.07 bits per heavy atom. The van der Waals surface area contributed by atoms with Crippen LogP contribution < -0.4 is 4.74 Å². The van der Waals surface area contributed by atoms with E-state index in [-0.39, 0.29) is 0 Å². The number of hydrogen-bond donors (Lipinski definition) is 0. The molecule has 0 aliphatic rings. The lowest BCUT2D eigenvalue weighted by Gasteiger charge is -2.23.